The fourth-order valence-electron chi connectivity index (χ4n) is 4.11. The van der Waals surface area contributed by atoms with Gasteiger partial charge in [-0.05, 0) is 55.0 Å². The van der Waals surface area contributed by atoms with Gasteiger partial charge < -0.3 is 15.0 Å². The molecule has 222 valence electrons. The number of hydrogen-bond acceptors (Lipinski definition) is 7. The number of para-hydroxylation sites is 1. The third-order valence-corrected chi connectivity index (χ3v) is 7.16. The summed E-state index contributed by atoms with van der Waals surface area (Å²) in [6.45, 7) is 3.04. The summed E-state index contributed by atoms with van der Waals surface area (Å²) in [5, 5.41) is 5.18. The Balaban J connectivity index is 1.38. The van der Waals surface area contributed by atoms with Gasteiger partial charge in [0.1, 0.15) is 17.9 Å². The molecule has 0 aliphatic heterocycles. The molecule has 12 heteroatoms. The van der Waals surface area contributed by atoms with E-state index in [9.17, 15) is 14.4 Å². The standard InChI is InChI=1S/C31H29Cl2N5O5/c1-19-8-11-22-6-5-7-26(31(22)36-19)43-18-23-24(32)12-13-25(30(23)33)37(3)29(41)17-35-28(40)15-10-21-9-14-27(34-16-21)38(42-4)20(2)39/h5-16H,17-18H2,1-4H3,(H,35,40). The van der Waals surface area contributed by atoms with E-state index in [2.05, 4.69) is 15.3 Å². The smallest absolute Gasteiger partial charge is 0.249 e. The highest BCUT2D eigenvalue weighted by molar-refractivity contribution is 6.38. The number of rotatable bonds is 10. The number of aromatic nitrogens is 2. The van der Waals surface area contributed by atoms with Crippen molar-refractivity contribution in [3.05, 3.63) is 93.7 Å². The molecule has 0 spiro atoms. The van der Waals surface area contributed by atoms with Crippen LogP contribution in [0.2, 0.25) is 10.0 Å². The van der Waals surface area contributed by atoms with Crippen LogP contribution >= 0.6 is 23.2 Å². The van der Waals surface area contributed by atoms with E-state index < -0.39 is 11.8 Å². The summed E-state index contributed by atoms with van der Waals surface area (Å²) in [5.41, 5.74) is 3.11. The number of fused-ring (bicyclic) bond motifs is 1. The maximum atomic E-state index is 12.9. The molecule has 1 N–H and O–H groups in total. The minimum absolute atomic E-state index is 0.0535. The molecule has 10 nitrogen and oxygen atoms in total. The number of carbonyl (C=O) groups is 3. The van der Waals surface area contributed by atoms with Gasteiger partial charge in [-0.25, -0.2) is 9.97 Å². The largest absolute Gasteiger partial charge is 0.487 e. The maximum Gasteiger partial charge on any atom is 0.249 e. The summed E-state index contributed by atoms with van der Waals surface area (Å²) in [7, 11) is 2.92. The first-order chi connectivity index (χ1) is 20.6. The number of nitrogens with one attached hydrogen (secondary N) is 1. The molecule has 2 aromatic carbocycles. The number of hydroxylamine groups is 1. The molecule has 2 aromatic heterocycles. The average Bonchev–Trinajstić information content (AvgIpc) is 2.99. The second-order valence-corrected chi connectivity index (χ2v) is 10.2. The molecule has 0 aliphatic rings. The predicted octanol–water partition coefficient (Wildman–Crippen LogP) is 5.53. The molecule has 0 fully saturated rings. The lowest BCUT2D eigenvalue weighted by molar-refractivity contribution is -0.122. The van der Waals surface area contributed by atoms with Gasteiger partial charge in [-0.2, -0.15) is 5.06 Å². The van der Waals surface area contributed by atoms with Crippen molar-refractivity contribution in [2.45, 2.75) is 20.5 Å². The van der Waals surface area contributed by atoms with Gasteiger partial charge >= 0.3 is 0 Å². The third kappa shape index (κ3) is 7.66. The van der Waals surface area contributed by atoms with Crippen molar-refractivity contribution in [2.24, 2.45) is 0 Å². The molecule has 2 heterocycles. The minimum atomic E-state index is -0.483. The quantitative estimate of drug-likeness (QED) is 0.183. The van der Waals surface area contributed by atoms with Gasteiger partial charge in [-0.3, -0.25) is 19.2 Å². The number of anilines is 2. The van der Waals surface area contributed by atoms with Gasteiger partial charge in [0.05, 0.1) is 24.4 Å². The monoisotopic (exact) mass is 621 g/mol. The number of ether oxygens (including phenoxy) is 1. The molecule has 0 saturated heterocycles. The molecule has 3 amide bonds. The zero-order valence-electron chi connectivity index (χ0n) is 23.9. The zero-order chi connectivity index (χ0) is 31.1. The van der Waals surface area contributed by atoms with Gasteiger partial charge in [0.25, 0.3) is 0 Å². The Morgan fingerprint density at radius 1 is 1.05 bits per heavy atom. The summed E-state index contributed by atoms with van der Waals surface area (Å²) in [6.07, 6.45) is 4.28. The van der Waals surface area contributed by atoms with Crippen molar-refractivity contribution in [1.82, 2.24) is 15.3 Å². The average molecular weight is 623 g/mol. The molecule has 0 bridgehead atoms. The highest BCUT2D eigenvalue weighted by atomic mass is 35.5. The highest BCUT2D eigenvalue weighted by Crippen LogP contribution is 2.35. The molecule has 0 radical (unpaired) electrons. The molecule has 0 atom stereocenters. The van der Waals surface area contributed by atoms with Crippen LogP contribution in [0.1, 0.15) is 23.7 Å². The first-order valence-electron chi connectivity index (χ1n) is 13.1. The van der Waals surface area contributed by atoms with Crippen molar-refractivity contribution < 1.29 is 24.0 Å². The van der Waals surface area contributed by atoms with Crippen LogP contribution in [0.4, 0.5) is 11.5 Å². The number of amides is 3. The lowest BCUT2D eigenvalue weighted by Gasteiger charge is -2.21. The minimum Gasteiger partial charge on any atom is -0.487 e. The summed E-state index contributed by atoms with van der Waals surface area (Å²) in [4.78, 5) is 51.9. The van der Waals surface area contributed by atoms with E-state index in [4.69, 9.17) is 32.8 Å². The molecule has 0 unspecified atom stereocenters. The van der Waals surface area contributed by atoms with E-state index in [1.165, 1.54) is 37.3 Å². The van der Waals surface area contributed by atoms with Crippen LogP contribution in [0, 0.1) is 6.92 Å². The van der Waals surface area contributed by atoms with E-state index in [-0.39, 0.29) is 24.1 Å². The number of benzene rings is 2. The van der Waals surface area contributed by atoms with E-state index >= 15 is 0 Å². The van der Waals surface area contributed by atoms with Crippen LogP contribution in [0.15, 0.2) is 66.9 Å². The number of nitrogens with zero attached hydrogens (tertiary/aromatic N) is 4. The van der Waals surface area contributed by atoms with Crippen molar-refractivity contribution in [2.75, 3.05) is 30.7 Å². The second-order valence-electron chi connectivity index (χ2n) is 9.38. The maximum absolute atomic E-state index is 12.9. The summed E-state index contributed by atoms with van der Waals surface area (Å²) in [5.74, 6) is -0.324. The van der Waals surface area contributed by atoms with Gasteiger partial charge in [0.15, 0.2) is 5.82 Å². The molecule has 4 aromatic rings. The third-order valence-electron chi connectivity index (χ3n) is 6.38. The summed E-state index contributed by atoms with van der Waals surface area (Å²) in [6, 6.07) is 16.1. The topological polar surface area (TPSA) is 114 Å². The lowest BCUT2D eigenvalue weighted by Crippen LogP contribution is -2.37. The van der Waals surface area contributed by atoms with Crippen LogP contribution in [0.25, 0.3) is 17.0 Å². The summed E-state index contributed by atoms with van der Waals surface area (Å²) >= 11 is 13.1. The van der Waals surface area contributed by atoms with Crippen LogP contribution < -0.4 is 20.0 Å². The van der Waals surface area contributed by atoms with E-state index in [1.807, 2.05) is 37.3 Å². The zero-order valence-corrected chi connectivity index (χ0v) is 25.4. The van der Waals surface area contributed by atoms with E-state index in [0.717, 1.165) is 21.7 Å². The fourth-order valence-corrected chi connectivity index (χ4v) is 4.71. The fraction of sp³-hybridized carbons (Fsp3) is 0.194. The van der Waals surface area contributed by atoms with Crippen LogP contribution in [0.5, 0.6) is 5.75 Å². The van der Waals surface area contributed by atoms with E-state index in [0.29, 0.717) is 33.4 Å². The first-order valence-corrected chi connectivity index (χ1v) is 13.8. The molecule has 0 aliphatic carbocycles. The molecule has 4 rings (SSSR count). The molecular weight excluding hydrogens is 593 g/mol. The molecule has 0 saturated carbocycles. The number of halogens is 2. The van der Waals surface area contributed by atoms with E-state index in [1.54, 1.807) is 31.3 Å². The predicted molar refractivity (Wildman–Crippen MR) is 167 cm³/mol. The molecule has 43 heavy (non-hydrogen) atoms. The van der Waals surface area contributed by atoms with Crippen molar-refractivity contribution in [3.8, 4) is 5.75 Å². The number of pyridine rings is 2. The molecular formula is C31H29Cl2N5O5. The highest BCUT2D eigenvalue weighted by Gasteiger charge is 2.19. The number of likely N-dealkylation sites (N-methyl/N-ethyl adjacent to an activating group) is 1. The van der Waals surface area contributed by atoms with Gasteiger partial charge in [-0.15, -0.1) is 0 Å². The van der Waals surface area contributed by atoms with Gasteiger partial charge in [0, 0.05) is 47.9 Å². The summed E-state index contributed by atoms with van der Waals surface area (Å²) < 4.78 is 6.07. The van der Waals surface area contributed by atoms with Gasteiger partial charge in [0.2, 0.25) is 17.7 Å². The Morgan fingerprint density at radius 2 is 1.84 bits per heavy atom. The Hall–Kier alpha value is -4.51. The Labute approximate surface area is 258 Å². The van der Waals surface area contributed by atoms with Crippen LogP contribution in [-0.4, -0.2) is 48.4 Å². The number of aryl methyl sites for hydroxylation is 1. The normalized spacial score (nSPS) is 11.0. The first kappa shape index (κ1) is 31.4. The SMILES string of the molecule is CON(C(C)=O)c1ccc(C=CC(=O)NCC(=O)N(C)c2ccc(Cl)c(COc3cccc4ccc(C)nc34)c2Cl)cn1. The Bertz CT molecular complexity index is 1690. The van der Waals surface area contributed by atoms with Crippen molar-refractivity contribution in [1.29, 1.82) is 0 Å². The number of carbonyl (C=O) groups excluding carboxylic acids is 3. The Morgan fingerprint density at radius 3 is 2.53 bits per heavy atom. The van der Waals surface area contributed by atoms with Crippen LogP contribution in [-0.2, 0) is 25.8 Å². The van der Waals surface area contributed by atoms with Crippen LogP contribution in [0.3, 0.4) is 0 Å². The number of hydrogen-bond donors (Lipinski definition) is 1. The van der Waals surface area contributed by atoms with Crippen molar-refractivity contribution in [3.63, 3.8) is 0 Å². The van der Waals surface area contributed by atoms with Crippen molar-refractivity contribution >= 4 is 69.4 Å². The Kier molecular flexibility index (Phi) is 10.3. The van der Waals surface area contributed by atoms with Gasteiger partial charge in [-0.1, -0.05) is 41.4 Å². The second kappa shape index (κ2) is 14.1. The lowest BCUT2D eigenvalue weighted by atomic mass is 10.1.